The predicted octanol–water partition coefficient (Wildman–Crippen LogP) is 2.25. The molecule has 0 aromatic heterocycles. The van der Waals surface area contributed by atoms with Gasteiger partial charge in [0.2, 0.25) is 0 Å². The Morgan fingerprint density at radius 2 is 2.05 bits per heavy atom. The van der Waals surface area contributed by atoms with Crippen molar-refractivity contribution in [1.29, 1.82) is 0 Å². The lowest BCUT2D eigenvalue weighted by molar-refractivity contribution is 0.0243. The van der Waals surface area contributed by atoms with E-state index in [1.54, 1.807) is 12.1 Å². The van der Waals surface area contributed by atoms with Crippen LogP contribution < -0.4 is 10.6 Å². The highest BCUT2D eigenvalue weighted by atomic mass is 35.5. The number of nitrogens with zero attached hydrogens (tertiary/aromatic N) is 1. The van der Waals surface area contributed by atoms with E-state index in [0.717, 1.165) is 25.1 Å². The van der Waals surface area contributed by atoms with E-state index in [2.05, 4.69) is 10.6 Å². The van der Waals surface area contributed by atoms with Crippen LogP contribution in [0, 0.1) is 0 Å². The highest BCUT2D eigenvalue weighted by molar-refractivity contribution is 6.42. The van der Waals surface area contributed by atoms with E-state index >= 15 is 0 Å². The smallest absolute Gasteiger partial charge is 0.318 e. The molecule has 0 saturated carbocycles. The van der Waals surface area contributed by atoms with E-state index in [9.17, 15) is 4.79 Å². The normalized spacial score (nSPS) is 24.8. The number of urea groups is 1. The molecular formula is C13H15Cl2N3O. The van der Waals surface area contributed by atoms with Gasteiger partial charge in [-0.3, -0.25) is 0 Å². The highest BCUT2D eigenvalue weighted by Crippen LogP contribution is 2.28. The molecule has 1 aromatic rings. The van der Waals surface area contributed by atoms with Gasteiger partial charge in [-0.1, -0.05) is 29.3 Å². The number of carbonyl (C=O) groups is 1. The summed E-state index contributed by atoms with van der Waals surface area (Å²) in [5.41, 5.74) is 0.951. The number of piperazine rings is 1. The highest BCUT2D eigenvalue weighted by Gasteiger charge is 2.44. The van der Waals surface area contributed by atoms with Gasteiger partial charge in [0.05, 0.1) is 10.0 Å². The summed E-state index contributed by atoms with van der Waals surface area (Å²) >= 11 is 11.8. The lowest BCUT2D eigenvalue weighted by atomic mass is 9.89. The Morgan fingerprint density at radius 3 is 2.68 bits per heavy atom. The summed E-state index contributed by atoms with van der Waals surface area (Å²) in [6.07, 6.45) is 1.12. The summed E-state index contributed by atoms with van der Waals surface area (Å²) in [6, 6.07) is 6.11. The Labute approximate surface area is 122 Å². The monoisotopic (exact) mass is 299 g/mol. The Morgan fingerprint density at radius 1 is 1.32 bits per heavy atom. The number of piperidine rings is 1. The molecule has 2 N–H and O–H groups in total. The molecule has 2 heterocycles. The standard InChI is InChI=1S/C13H15Cl2N3O/c14-11-2-1-8(3-12(11)15)5-17-13(19)18-9-4-10(18)7-16-6-9/h1-3,9-10,16H,4-7H2,(H,17,19). The molecule has 2 saturated heterocycles. The first-order chi connectivity index (χ1) is 9.15. The van der Waals surface area contributed by atoms with Crippen LogP contribution in [0.2, 0.25) is 10.0 Å². The van der Waals surface area contributed by atoms with Gasteiger partial charge in [-0.15, -0.1) is 0 Å². The number of benzene rings is 1. The summed E-state index contributed by atoms with van der Waals surface area (Å²) in [4.78, 5) is 14.0. The van der Waals surface area contributed by atoms with Gasteiger partial charge in [0.25, 0.3) is 0 Å². The topological polar surface area (TPSA) is 44.4 Å². The van der Waals surface area contributed by atoms with Crippen molar-refractivity contribution in [2.45, 2.75) is 25.0 Å². The first kappa shape index (κ1) is 13.0. The van der Waals surface area contributed by atoms with Crippen LogP contribution in [0.3, 0.4) is 0 Å². The van der Waals surface area contributed by atoms with Crippen molar-refractivity contribution in [2.75, 3.05) is 13.1 Å². The van der Waals surface area contributed by atoms with Crippen LogP contribution in [-0.2, 0) is 6.54 Å². The van der Waals surface area contributed by atoms with Gasteiger partial charge in [-0.25, -0.2) is 4.79 Å². The SMILES string of the molecule is O=C(NCc1ccc(Cl)c(Cl)c1)N1C2CNCC1C2. The third-order valence-electron chi connectivity index (χ3n) is 3.75. The molecule has 1 aromatic carbocycles. The molecule has 2 fully saturated rings. The van der Waals surface area contributed by atoms with Gasteiger partial charge in [-0.2, -0.15) is 0 Å². The zero-order valence-corrected chi connectivity index (χ0v) is 11.8. The molecular weight excluding hydrogens is 285 g/mol. The van der Waals surface area contributed by atoms with Gasteiger partial charge >= 0.3 is 6.03 Å². The predicted molar refractivity (Wildman–Crippen MR) is 75.6 cm³/mol. The van der Waals surface area contributed by atoms with E-state index in [-0.39, 0.29) is 6.03 Å². The molecule has 2 atom stereocenters. The molecule has 2 bridgehead atoms. The lowest BCUT2D eigenvalue weighted by Gasteiger charge is -2.52. The number of rotatable bonds is 2. The van der Waals surface area contributed by atoms with Crippen molar-refractivity contribution in [3.63, 3.8) is 0 Å². The minimum Gasteiger partial charge on any atom is -0.334 e. The maximum absolute atomic E-state index is 12.1. The third-order valence-corrected chi connectivity index (χ3v) is 4.49. The van der Waals surface area contributed by atoms with Crippen LogP contribution in [0.15, 0.2) is 18.2 Å². The Kier molecular flexibility index (Phi) is 3.56. The minimum atomic E-state index is 0.00817. The van der Waals surface area contributed by atoms with Crippen LogP contribution in [0.5, 0.6) is 0 Å². The maximum Gasteiger partial charge on any atom is 0.318 e. The summed E-state index contributed by atoms with van der Waals surface area (Å²) < 4.78 is 0. The molecule has 0 spiro atoms. The lowest BCUT2D eigenvalue weighted by Crippen LogP contribution is -2.70. The van der Waals surface area contributed by atoms with Crippen LogP contribution >= 0.6 is 23.2 Å². The van der Waals surface area contributed by atoms with Crippen molar-refractivity contribution in [3.8, 4) is 0 Å². The molecule has 2 amide bonds. The summed E-state index contributed by atoms with van der Waals surface area (Å²) in [7, 11) is 0. The van der Waals surface area contributed by atoms with Crippen molar-refractivity contribution >= 4 is 29.2 Å². The van der Waals surface area contributed by atoms with Crippen LogP contribution in [0.25, 0.3) is 0 Å². The van der Waals surface area contributed by atoms with Crippen LogP contribution in [0.1, 0.15) is 12.0 Å². The second-order valence-electron chi connectivity index (χ2n) is 5.02. The van der Waals surface area contributed by atoms with E-state index < -0.39 is 0 Å². The second kappa shape index (κ2) is 5.19. The van der Waals surface area contributed by atoms with E-state index in [4.69, 9.17) is 23.2 Å². The number of amides is 2. The largest absolute Gasteiger partial charge is 0.334 e. The number of nitrogens with one attached hydrogen (secondary N) is 2. The molecule has 4 nitrogen and oxygen atoms in total. The first-order valence-corrected chi connectivity index (χ1v) is 7.11. The molecule has 2 aliphatic heterocycles. The average Bonchev–Trinajstić information content (AvgIpc) is 2.41. The number of carbonyl (C=O) groups excluding carboxylic acids is 1. The molecule has 6 heteroatoms. The Balaban J connectivity index is 1.57. The van der Waals surface area contributed by atoms with E-state index in [1.165, 1.54) is 0 Å². The van der Waals surface area contributed by atoms with Gasteiger partial charge in [0, 0.05) is 31.7 Å². The second-order valence-corrected chi connectivity index (χ2v) is 5.83. The van der Waals surface area contributed by atoms with Crippen molar-refractivity contribution in [2.24, 2.45) is 0 Å². The van der Waals surface area contributed by atoms with Gasteiger partial charge in [0.1, 0.15) is 0 Å². The number of halogens is 2. The fourth-order valence-corrected chi connectivity index (χ4v) is 3.05. The first-order valence-electron chi connectivity index (χ1n) is 6.36. The summed E-state index contributed by atoms with van der Waals surface area (Å²) in [6.45, 7) is 2.27. The quantitative estimate of drug-likeness (QED) is 0.880. The molecule has 3 rings (SSSR count). The van der Waals surface area contributed by atoms with Crippen molar-refractivity contribution in [1.82, 2.24) is 15.5 Å². The van der Waals surface area contributed by atoms with Crippen LogP contribution in [0.4, 0.5) is 4.79 Å². The average molecular weight is 300 g/mol. The minimum absolute atomic E-state index is 0.00817. The fourth-order valence-electron chi connectivity index (χ4n) is 2.73. The van der Waals surface area contributed by atoms with E-state index in [0.29, 0.717) is 28.7 Å². The summed E-state index contributed by atoms with van der Waals surface area (Å²) in [5, 5.41) is 7.28. The number of fused-ring (bicyclic) bond motifs is 2. The molecule has 0 aliphatic carbocycles. The third kappa shape index (κ3) is 2.53. The molecule has 2 aliphatic rings. The van der Waals surface area contributed by atoms with Gasteiger partial charge in [0.15, 0.2) is 0 Å². The van der Waals surface area contributed by atoms with Crippen molar-refractivity contribution in [3.05, 3.63) is 33.8 Å². The summed E-state index contributed by atoms with van der Waals surface area (Å²) in [5.74, 6) is 0. The fraction of sp³-hybridized carbons (Fsp3) is 0.462. The van der Waals surface area contributed by atoms with Crippen LogP contribution in [-0.4, -0.2) is 36.1 Å². The van der Waals surface area contributed by atoms with Crippen molar-refractivity contribution < 1.29 is 4.79 Å². The van der Waals surface area contributed by atoms with E-state index in [1.807, 2.05) is 11.0 Å². The molecule has 102 valence electrons. The zero-order valence-electron chi connectivity index (χ0n) is 10.3. The van der Waals surface area contributed by atoms with Gasteiger partial charge in [-0.05, 0) is 24.1 Å². The molecule has 19 heavy (non-hydrogen) atoms. The molecule has 2 unspecified atom stereocenters. The Hall–Kier alpha value is -0.970. The molecule has 0 radical (unpaired) electrons. The maximum atomic E-state index is 12.1. The zero-order chi connectivity index (χ0) is 13.4. The van der Waals surface area contributed by atoms with Gasteiger partial charge < -0.3 is 15.5 Å². The number of hydrogen-bond acceptors (Lipinski definition) is 2. The Bertz CT molecular complexity index is 495. The number of hydrogen-bond donors (Lipinski definition) is 2.